The van der Waals surface area contributed by atoms with E-state index in [1.807, 2.05) is 30.3 Å². The number of benzene rings is 1. The average molecular weight is 299 g/mol. The molecule has 1 aromatic carbocycles. The molecule has 0 aliphatic carbocycles. The molecule has 5 nitrogen and oxygen atoms in total. The molecule has 0 bridgehead atoms. The molecule has 21 heavy (non-hydrogen) atoms. The topological polar surface area (TPSA) is 55.6 Å². The van der Waals surface area contributed by atoms with Crippen molar-refractivity contribution in [3.05, 3.63) is 52.2 Å². The second kappa shape index (κ2) is 6.60. The van der Waals surface area contributed by atoms with E-state index in [0.717, 1.165) is 18.7 Å². The maximum atomic E-state index is 4.43. The number of aromatic nitrogens is 4. The predicted octanol–water partition coefficient (Wildman–Crippen LogP) is 2.56. The van der Waals surface area contributed by atoms with Crippen LogP contribution in [0.4, 0.5) is 0 Å². The minimum atomic E-state index is 0.663. The van der Waals surface area contributed by atoms with Crippen molar-refractivity contribution in [2.75, 3.05) is 6.54 Å². The van der Waals surface area contributed by atoms with Crippen molar-refractivity contribution in [3.8, 4) is 11.4 Å². The van der Waals surface area contributed by atoms with Crippen molar-refractivity contribution in [2.45, 2.75) is 20.0 Å². The fourth-order valence-corrected chi connectivity index (χ4v) is 2.97. The maximum absolute atomic E-state index is 4.43. The van der Waals surface area contributed by atoms with Gasteiger partial charge < -0.3 is 5.32 Å². The highest BCUT2D eigenvalue weighted by Crippen LogP contribution is 2.18. The first-order valence-electron chi connectivity index (χ1n) is 6.96. The Morgan fingerprint density at radius 1 is 1.10 bits per heavy atom. The van der Waals surface area contributed by atoms with Crippen molar-refractivity contribution >= 4 is 11.3 Å². The first-order valence-corrected chi connectivity index (χ1v) is 7.78. The Hall–Kier alpha value is -2.05. The quantitative estimate of drug-likeness (QED) is 0.760. The fourth-order valence-electron chi connectivity index (χ4n) is 2.00. The van der Waals surface area contributed by atoms with E-state index in [4.69, 9.17) is 0 Å². The molecule has 0 amide bonds. The van der Waals surface area contributed by atoms with E-state index >= 15 is 0 Å². The van der Waals surface area contributed by atoms with E-state index in [2.05, 4.69) is 39.8 Å². The third-order valence-electron chi connectivity index (χ3n) is 3.05. The van der Waals surface area contributed by atoms with Crippen molar-refractivity contribution in [2.24, 2.45) is 0 Å². The summed E-state index contributed by atoms with van der Waals surface area (Å²) in [4.78, 5) is 4.21. The average Bonchev–Trinajstić information content (AvgIpc) is 3.16. The van der Waals surface area contributed by atoms with Crippen molar-refractivity contribution in [1.29, 1.82) is 0 Å². The van der Waals surface area contributed by atoms with Gasteiger partial charge >= 0.3 is 0 Å². The summed E-state index contributed by atoms with van der Waals surface area (Å²) in [6, 6.07) is 14.2. The molecule has 2 aromatic heterocycles. The lowest BCUT2D eigenvalue weighted by Crippen LogP contribution is -2.10. The third-order valence-corrected chi connectivity index (χ3v) is 4.12. The van der Waals surface area contributed by atoms with Gasteiger partial charge in [0.05, 0.1) is 6.54 Å². The molecule has 0 unspecified atom stereocenters. The van der Waals surface area contributed by atoms with Crippen LogP contribution in [0.2, 0.25) is 0 Å². The minimum Gasteiger partial charge on any atom is -0.312 e. The van der Waals surface area contributed by atoms with Gasteiger partial charge in [0.1, 0.15) is 0 Å². The van der Waals surface area contributed by atoms with Gasteiger partial charge in [-0.25, -0.2) is 0 Å². The molecular formula is C15H17N5S. The first kappa shape index (κ1) is 13.9. The molecule has 3 rings (SSSR count). The molecule has 108 valence electrons. The number of hydrogen-bond acceptors (Lipinski definition) is 5. The Morgan fingerprint density at radius 2 is 1.90 bits per heavy atom. The summed E-state index contributed by atoms with van der Waals surface area (Å²) < 4.78 is 0. The molecule has 3 aromatic rings. The zero-order chi connectivity index (χ0) is 14.5. The highest BCUT2D eigenvalue weighted by Gasteiger charge is 2.07. The molecule has 0 atom stereocenters. The lowest BCUT2D eigenvalue weighted by atomic mass is 10.2. The van der Waals surface area contributed by atoms with Gasteiger partial charge in [0.25, 0.3) is 0 Å². The summed E-state index contributed by atoms with van der Waals surface area (Å²) in [5, 5.41) is 16.0. The Bertz CT molecular complexity index is 689. The summed E-state index contributed by atoms with van der Waals surface area (Å²) in [6.07, 6.45) is 0. The van der Waals surface area contributed by atoms with Gasteiger partial charge in [-0.2, -0.15) is 4.80 Å². The van der Waals surface area contributed by atoms with Crippen LogP contribution in [0.3, 0.4) is 0 Å². The van der Waals surface area contributed by atoms with Crippen LogP contribution in [0.15, 0.2) is 42.5 Å². The molecule has 0 spiro atoms. The van der Waals surface area contributed by atoms with Gasteiger partial charge in [0.15, 0.2) is 0 Å². The number of rotatable bonds is 6. The molecule has 2 heterocycles. The highest BCUT2D eigenvalue weighted by molar-refractivity contribution is 7.11. The van der Waals surface area contributed by atoms with Gasteiger partial charge in [-0.15, -0.1) is 21.5 Å². The Morgan fingerprint density at radius 3 is 2.71 bits per heavy atom. The molecule has 0 fully saturated rings. The predicted molar refractivity (Wildman–Crippen MR) is 84.1 cm³/mol. The van der Waals surface area contributed by atoms with E-state index in [-0.39, 0.29) is 0 Å². The largest absolute Gasteiger partial charge is 0.312 e. The van der Waals surface area contributed by atoms with Crippen molar-refractivity contribution in [3.63, 3.8) is 0 Å². The number of nitrogens with one attached hydrogen (secondary N) is 1. The van der Waals surface area contributed by atoms with Crippen molar-refractivity contribution < 1.29 is 0 Å². The summed E-state index contributed by atoms with van der Waals surface area (Å²) in [5.74, 6) is 0.667. The second-order valence-electron chi connectivity index (χ2n) is 4.66. The Kier molecular flexibility index (Phi) is 4.37. The smallest absolute Gasteiger partial charge is 0.204 e. The van der Waals surface area contributed by atoms with E-state index in [0.29, 0.717) is 12.4 Å². The molecule has 1 N–H and O–H groups in total. The van der Waals surface area contributed by atoms with Gasteiger partial charge in [-0.1, -0.05) is 37.3 Å². The van der Waals surface area contributed by atoms with Crippen LogP contribution in [-0.2, 0) is 13.1 Å². The molecule has 0 saturated carbocycles. The number of nitrogens with zero attached hydrogens (tertiary/aromatic N) is 4. The van der Waals surface area contributed by atoms with E-state index in [9.17, 15) is 0 Å². The van der Waals surface area contributed by atoms with E-state index in [1.165, 1.54) is 9.75 Å². The number of tetrazole rings is 1. The lowest BCUT2D eigenvalue weighted by molar-refractivity contribution is 0.578. The first-order chi connectivity index (χ1) is 10.3. The molecule has 0 radical (unpaired) electrons. The number of hydrogen-bond donors (Lipinski definition) is 1. The lowest BCUT2D eigenvalue weighted by Gasteiger charge is -1.97. The minimum absolute atomic E-state index is 0.663. The summed E-state index contributed by atoms with van der Waals surface area (Å²) >= 11 is 1.78. The summed E-state index contributed by atoms with van der Waals surface area (Å²) in [5.41, 5.74) is 0.989. The Labute approximate surface area is 127 Å². The van der Waals surface area contributed by atoms with Crippen LogP contribution < -0.4 is 5.32 Å². The molecule has 0 aliphatic rings. The third kappa shape index (κ3) is 3.53. The van der Waals surface area contributed by atoms with Gasteiger partial charge in [0, 0.05) is 21.9 Å². The van der Waals surface area contributed by atoms with Crippen molar-refractivity contribution in [1.82, 2.24) is 25.5 Å². The van der Waals surface area contributed by atoms with Crippen LogP contribution in [0.5, 0.6) is 0 Å². The zero-order valence-corrected chi connectivity index (χ0v) is 12.7. The van der Waals surface area contributed by atoms with Crippen LogP contribution in [-0.4, -0.2) is 26.8 Å². The van der Waals surface area contributed by atoms with Crippen LogP contribution in [0.1, 0.15) is 16.7 Å². The number of thiophene rings is 1. The normalized spacial score (nSPS) is 10.9. The van der Waals surface area contributed by atoms with Gasteiger partial charge in [-0.05, 0) is 23.9 Å². The van der Waals surface area contributed by atoms with Crippen LogP contribution in [0.25, 0.3) is 11.4 Å². The summed E-state index contributed by atoms with van der Waals surface area (Å²) in [6.45, 7) is 4.68. The fraction of sp³-hybridized carbons (Fsp3) is 0.267. The van der Waals surface area contributed by atoms with Crippen LogP contribution in [0, 0.1) is 0 Å². The highest BCUT2D eigenvalue weighted by atomic mass is 32.1. The Balaban J connectivity index is 1.68. The van der Waals surface area contributed by atoms with E-state index in [1.54, 1.807) is 16.1 Å². The standard InChI is InChI=1S/C15H17N5S/c1-2-16-10-13-8-9-14(21-13)11-20-18-15(17-19-20)12-6-4-3-5-7-12/h3-9,16H,2,10-11H2,1H3. The molecule has 0 aliphatic heterocycles. The van der Waals surface area contributed by atoms with Gasteiger partial charge in [0.2, 0.25) is 5.82 Å². The second-order valence-corrected chi connectivity index (χ2v) is 5.91. The maximum Gasteiger partial charge on any atom is 0.204 e. The van der Waals surface area contributed by atoms with Crippen LogP contribution >= 0.6 is 11.3 Å². The molecular weight excluding hydrogens is 282 g/mol. The molecule has 0 saturated heterocycles. The molecule has 6 heteroatoms. The van der Waals surface area contributed by atoms with E-state index < -0.39 is 0 Å². The summed E-state index contributed by atoms with van der Waals surface area (Å²) in [7, 11) is 0. The monoisotopic (exact) mass is 299 g/mol. The zero-order valence-electron chi connectivity index (χ0n) is 11.9. The SMILES string of the molecule is CCNCc1ccc(Cn2nnc(-c3ccccc3)n2)s1. The van der Waals surface area contributed by atoms with Gasteiger partial charge in [-0.3, -0.25) is 0 Å².